The Hall–Kier alpha value is -1.59. The average Bonchev–Trinajstić information content (AvgIpc) is 2.53. The molecule has 1 heterocycles. The van der Waals surface area contributed by atoms with Crippen molar-refractivity contribution in [1.82, 2.24) is 10.2 Å². The van der Waals surface area contributed by atoms with E-state index in [4.69, 9.17) is 9.47 Å². The molecule has 1 saturated heterocycles. The Kier molecular flexibility index (Phi) is 6.02. The van der Waals surface area contributed by atoms with Crippen molar-refractivity contribution >= 4 is 5.91 Å². The summed E-state index contributed by atoms with van der Waals surface area (Å²) in [5.41, 5.74) is 1.13. The van der Waals surface area contributed by atoms with Crippen LogP contribution in [-0.2, 0) is 9.53 Å². The van der Waals surface area contributed by atoms with Crippen LogP contribution in [0.15, 0.2) is 24.3 Å². The van der Waals surface area contributed by atoms with Gasteiger partial charge in [0.15, 0.2) is 0 Å². The summed E-state index contributed by atoms with van der Waals surface area (Å²) >= 11 is 0. The summed E-state index contributed by atoms with van der Waals surface area (Å²) in [6, 6.07) is 7.95. The van der Waals surface area contributed by atoms with Crippen LogP contribution >= 0.6 is 0 Å². The van der Waals surface area contributed by atoms with Gasteiger partial charge in [-0.15, -0.1) is 0 Å². The molecule has 5 heteroatoms. The first-order chi connectivity index (χ1) is 10.2. The second-order valence-electron chi connectivity index (χ2n) is 5.29. The van der Waals surface area contributed by atoms with E-state index in [0.29, 0.717) is 26.3 Å². The lowest BCUT2D eigenvalue weighted by atomic mass is 10.2. The van der Waals surface area contributed by atoms with E-state index in [1.54, 1.807) is 4.90 Å². The SMILES string of the molecule is Cc1ccccc1OCCCN(C)C(=O)C1CNCCO1. The second kappa shape index (κ2) is 8.00. The molecule has 1 aliphatic heterocycles. The van der Waals surface area contributed by atoms with Crippen molar-refractivity contribution in [3.05, 3.63) is 29.8 Å². The summed E-state index contributed by atoms with van der Waals surface area (Å²) in [4.78, 5) is 13.9. The highest BCUT2D eigenvalue weighted by Gasteiger charge is 2.24. The molecule has 1 aromatic carbocycles. The zero-order valence-corrected chi connectivity index (χ0v) is 12.8. The van der Waals surface area contributed by atoms with Crippen LogP contribution in [-0.4, -0.2) is 56.8 Å². The highest BCUT2D eigenvalue weighted by Crippen LogP contribution is 2.16. The zero-order chi connectivity index (χ0) is 15.1. The van der Waals surface area contributed by atoms with Crippen LogP contribution in [0.1, 0.15) is 12.0 Å². The summed E-state index contributed by atoms with van der Waals surface area (Å²) in [6.07, 6.45) is 0.456. The monoisotopic (exact) mass is 292 g/mol. The molecular weight excluding hydrogens is 268 g/mol. The molecule has 1 amide bonds. The predicted octanol–water partition coefficient (Wildman–Crippen LogP) is 1.21. The van der Waals surface area contributed by atoms with Crippen molar-refractivity contribution in [3.8, 4) is 5.75 Å². The number of rotatable bonds is 6. The maximum absolute atomic E-state index is 12.1. The van der Waals surface area contributed by atoms with Crippen LogP contribution in [0.25, 0.3) is 0 Å². The van der Waals surface area contributed by atoms with Gasteiger partial charge in [0, 0.05) is 26.7 Å². The molecule has 1 N–H and O–H groups in total. The Morgan fingerprint density at radius 2 is 2.29 bits per heavy atom. The van der Waals surface area contributed by atoms with Gasteiger partial charge in [-0.1, -0.05) is 18.2 Å². The highest BCUT2D eigenvalue weighted by molar-refractivity contribution is 5.81. The number of nitrogens with zero attached hydrogens (tertiary/aromatic N) is 1. The van der Waals surface area contributed by atoms with Gasteiger partial charge >= 0.3 is 0 Å². The minimum atomic E-state index is -0.346. The van der Waals surface area contributed by atoms with Crippen LogP contribution in [0.4, 0.5) is 0 Å². The molecule has 0 aromatic heterocycles. The van der Waals surface area contributed by atoms with E-state index < -0.39 is 0 Å². The summed E-state index contributed by atoms with van der Waals surface area (Å²) in [5.74, 6) is 0.949. The van der Waals surface area contributed by atoms with Gasteiger partial charge in [0.1, 0.15) is 11.9 Å². The van der Waals surface area contributed by atoms with Gasteiger partial charge in [-0.25, -0.2) is 0 Å². The van der Waals surface area contributed by atoms with Gasteiger partial charge in [-0.3, -0.25) is 4.79 Å². The molecule has 2 rings (SSSR count). The second-order valence-corrected chi connectivity index (χ2v) is 5.29. The van der Waals surface area contributed by atoms with Gasteiger partial charge in [0.2, 0.25) is 0 Å². The standard InChI is InChI=1S/C16H24N2O3/c1-13-6-3-4-7-14(13)20-10-5-9-18(2)16(19)15-12-17-8-11-21-15/h3-4,6-7,15,17H,5,8-12H2,1-2H3. The molecule has 21 heavy (non-hydrogen) atoms. The maximum atomic E-state index is 12.1. The van der Waals surface area contributed by atoms with Crippen LogP contribution < -0.4 is 10.1 Å². The average molecular weight is 292 g/mol. The van der Waals surface area contributed by atoms with E-state index in [1.165, 1.54) is 0 Å². The minimum absolute atomic E-state index is 0.0399. The fourth-order valence-electron chi connectivity index (χ4n) is 2.28. The smallest absolute Gasteiger partial charge is 0.252 e. The first-order valence-corrected chi connectivity index (χ1v) is 7.44. The molecule has 5 nitrogen and oxygen atoms in total. The van der Waals surface area contributed by atoms with Crippen molar-refractivity contribution < 1.29 is 14.3 Å². The maximum Gasteiger partial charge on any atom is 0.252 e. The van der Waals surface area contributed by atoms with E-state index in [9.17, 15) is 4.79 Å². The first kappa shape index (κ1) is 15.8. The molecule has 0 bridgehead atoms. The van der Waals surface area contributed by atoms with E-state index in [1.807, 2.05) is 38.2 Å². The fourth-order valence-corrected chi connectivity index (χ4v) is 2.28. The Labute approximate surface area is 126 Å². The lowest BCUT2D eigenvalue weighted by Gasteiger charge is -2.27. The van der Waals surface area contributed by atoms with Crippen molar-refractivity contribution in [3.63, 3.8) is 0 Å². The van der Waals surface area contributed by atoms with Crippen LogP contribution in [0.2, 0.25) is 0 Å². The lowest BCUT2D eigenvalue weighted by Crippen LogP contribution is -2.48. The van der Waals surface area contributed by atoms with Gasteiger partial charge in [-0.2, -0.15) is 0 Å². The van der Waals surface area contributed by atoms with Crippen molar-refractivity contribution in [2.24, 2.45) is 0 Å². The Bertz CT molecular complexity index is 459. The highest BCUT2D eigenvalue weighted by atomic mass is 16.5. The molecule has 1 unspecified atom stereocenters. The number of morpholine rings is 1. The third kappa shape index (κ3) is 4.72. The van der Waals surface area contributed by atoms with E-state index >= 15 is 0 Å². The van der Waals surface area contributed by atoms with E-state index in [2.05, 4.69) is 5.32 Å². The van der Waals surface area contributed by atoms with Crippen molar-refractivity contribution in [1.29, 1.82) is 0 Å². The number of aryl methyl sites for hydroxylation is 1. The van der Waals surface area contributed by atoms with Crippen molar-refractivity contribution in [2.45, 2.75) is 19.4 Å². The third-order valence-electron chi connectivity index (χ3n) is 3.57. The molecule has 1 aromatic rings. The number of amides is 1. The van der Waals surface area contributed by atoms with Crippen LogP contribution in [0.3, 0.4) is 0 Å². The third-order valence-corrected chi connectivity index (χ3v) is 3.57. The van der Waals surface area contributed by atoms with Gasteiger partial charge < -0.3 is 19.7 Å². The number of carbonyl (C=O) groups excluding carboxylic acids is 1. The molecule has 0 saturated carbocycles. The Morgan fingerprint density at radius 1 is 1.48 bits per heavy atom. The largest absolute Gasteiger partial charge is 0.493 e. The van der Waals surface area contributed by atoms with Gasteiger partial charge in [0.25, 0.3) is 5.91 Å². The number of benzene rings is 1. The Balaban J connectivity index is 1.68. The number of likely N-dealkylation sites (N-methyl/N-ethyl adjacent to an activating group) is 1. The van der Waals surface area contributed by atoms with Gasteiger partial charge in [0.05, 0.1) is 13.2 Å². The van der Waals surface area contributed by atoms with E-state index in [0.717, 1.165) is 24.3 Å². The Morgan fingerprint density at radius 3 is 3.00 bits per heavy atom. The minimum Gasteiger partial charge on any atom is -0.493 e. The van der Waals surface area contributed by atoms with Gasteiger partial charge in [-0.05, 0) is 25.0 Å². The molecule has 0 radical (unpaired) electrons. The zero-order valence-electron chi connectivity index (χ0n) is 12.8. The molecule has 0 spiro atoms. The number of hydrogen-bond donors (Lipinski definition) is 1. The topological polar surface area (TPSA) is 50.8 Å². The number of hydrogen-bond acceptors (Lipinski definition) is 4. The molecule has 116 valence electrons. The number of para-hydroxylation sites is 1. The summed E-state index contributed by atoms with van der Waals surface area (Å²) in [7, 11) is 1.81. The molecular formula is C16H24N2O3. The molecule has 1 aliphatic rings. The number of ether oxygens (including phenoxy) is 2. The predicted molar refractivity (Wildman–Crippen MR) is 81.5 cm³/mol. The van der Waals surface area contributed by atoms with E-state index in [-0.39, 0.29) is 12.0 Å². The number of carbonyl (C=O) groups is 1. The lowest BCUT2D eigenvalue weighted by molar-refractivity contribution is -0.143. The summed E-state index contributed by atoms with van der Waals surface area (Å²) < 4.78 is 11.2. The van der Waals surface area contributed by atoms with Crippen LogP contribution in [0, 0.1) is 6.92 Å². The fraction of sp³-hybridized carbons (Fsp3) is 0.562. The quantitative estimate of drug-likeness (QED) is 0.801. The summed E-state index contributed by atoms with van der Waals surface area (Å²) in [5, 5.41) is 3.17. The molecule has 1 atom stereocenters. The van der Waals surface area contributed by atoms with Crippen LogP contribution in [0.5, 0.6) is 5.75 Å². The van der Waals surface area contributed by atoms with Crippen molar-refractivity contribution in [2.75, 3.05) is 39.9 Å². The normalized spacial score (nSPS) is 18.3. The summed E-state index contributed by atoms with van der Waals surface area (Å²) in [6.45, 7) is 5.32. The first-order valence-electron chi connectivity index (χ1n) is 7.44. The number of nitrogens with one attached hydrogen (secondary N) is 1. The molecule has 0 aliphatic carbocycles. The molecule has 1 fully saturated rings.